The van der Waals surface area contributed by atoms with Gasteiger partial charge in [-0.15, -0.1) is 0 Å². The molecular weight excluding hydrogens is 332 g/mol. The minimum atomic E-state index is -0.483. The fourth-order valence-electron chi connectivity index (χ4n) is 2.39. The van der Waals surface area contributed by atoms with Crippen molar-refractivity contribution >= 4 is 17.3 Å². The monoisotopic (exact) mass is 350 g/mol. The normalized spacial score (nSPS) is 10.3. The number of pyridine rings is 1. The van der Waals surface area contributed by atoms with E-state index in [-0.39, 0.29) is 17.3 Å². The summed E-state index contributed by atoms with van der Waals surface area (Å²) >= 11 is 0. The molecule has 1 aromatic carbocycles. The van der Waals surface area contributed by atoms with E-state index in [9.17, 15) is 10.1 Å². The van der Waals surface area contributed by atoms with E-state index in [4.69, 9.17) is 0 Å². The van der Waals surface area contributed by atoms with E-state index < -0.39 is 4.92 Å². The molecule has 3 aromatic rings. The molecule has 0 atom stereocenters. The second-order valence-electron chi connectivity index (χ2n) is 5.73. The smallest absolute Gasteiger partial charge is 0.353 e. The van der Waals surface area contributed by atoms with Crippen LogP contribution in [0.1, 0.15) is 16.7 Å². The van der Waals surface area contributed by atoms with Gasteiger partial charge in [0.25, 0.3) is 0 Å². The summed E-state index contributed by atoms with van der Waals surface area (Å²) in [4.78, 5) is 23.1. The molecule has 0 amide bonds. The highest BCUT2D eigenvalue weighted by Gasteiger charge is 2.22. The van der Waals surface area contributed by atoms with Crippen LogP contribution in [0.15, 0.2) is 55.1 Å². The topological polar surface area (TPSA) is 106 Å². The first-order valence-corrected chi connectivity index (χ1v) is 8.05. The van der Waals surface area contributed by atoms with Gasteiger partial charge in [0.15, 0.2) is 0 Å². The number of hydrogen-bond acceptors (Lipinski definition) is 7. The molecule has 8 heteroatoms. The summed E-state index contributed by atoms with van der Waals surface area (Å²) in [5.74, 6) is 0.347. The van der Waals surface area contributed by atoms with Gasteiger partial charge in [-0.3, -0.25) is 15.1 Å². The van der Waals surface area contributed by atoms with Crippen LogP contribution >= 0.6 is 0 Å². The molecule has 0 unspecified atom stereocenters. The number of hydrogen-bond donors (Lipinski definition) is 2. The molecule has 0 radical (unpaired) electrons. The lowest BCUT2D eigenvalue weighted by Gasteiger charge is -2.10. The predicted molar refractivity (Wildman–Crippen MR) is 98.8 cm³/mol. The molecule has 2 N–H and O–H groups in total. The highest BCUT2D eigenvalue weighted by molar-refractivity contribution is 5.69. The van der Waals surface area contributed by atoms with Crippen LogP contribution in [0.3, 0.4) is 0 Å². The fourth-order valence-corrected chi connectivity index (χ4v) is 2.39. The van der Waals surface area contributed by atoms with Crippen molar-refractivity contribution in [3.63, 3.8) is 0 Å². The molecule has 2 heterocycles. The maximum atomic E-state index is 11.5. The van der Waals surface area contributed by atoms with E-state index in [1.807, 2.05) is 37.3 Å². The van der Waals surface area contributed by atoms with Gasteiger partial charge in [0.2, 0.25) is 11.6 Å². The van der Waals surface area contributed by atoms with Crippen LogP contribution in [0.2, 0.25) is 0 Å². The summed E-state index contributed by atoms with van der Waals surface area (Å²) < 4.78 is 0. The van der Waals surface area contributed by atoms with E-state index in [1.165, 1.54) is 6.33 Å². The first-order chi connectivity index (χ1) is 12.6. The maximum Gasteiger partial charge on any atom is 0.353 e. The predicted octanol–water partition coefficient (Wildman–Crippen LogP) is 3.31. The summed E-state index contributed by atoms with van der Waals surface area (Å²) in [6.45, 7) is 2.82. The van der Waals surface area contributed by atoms with Gasteiger partial charge in [0, 0.05) is 25.5 Å². The molecule has 3 rings (SSSR count). The third-order valence-corrected chi connectivity index (χ3v) is 3.77. The highest BCUT2D eigenvalue weighted by Crippen LogP contribution is 2.29. The van der Waals surface area contributed by atoms with Crippen LogP contribution in [-0.4, -0.2) is 19.9 Å². The summed E-state index contributed by atoms with van der Waals surface area (Å²) in [7, 11) is 0. The molecule has 8 nitrogen and oxygen atoms in total. The molecule has 0 aliphatic rings. The minimum absolute atomic E-state index is 0.167. The van der Waals surface area contributed by atoms with Crippen LogP contribution in [0.25, 0.3) is 0 Å². The largest absolute Gasteiger partial charge is 0.360 e. The minimum Gasteiger partial charge on any atom is -0.360 e. The summed E-state index contributed by atoms with van der Waals surface area (Å²) in [5, 5.41) is 17.6. The Kier molecular flexibility index (Phi) is 5.33. The molecule has 132 valence electrons. The average molecular weight is 350 g/mol. The molecule has 0 saturated carbocycles. The Morgan fingerprint density at radius 2 is 1.65 bits per heavy atom. The zero-order chi connectivity index (χ0) is 18.4. The van der Waals surface area contributed by atoms with E-state index in [0.717, 1.165) is 16.7 Å². The first kappa shape index (κ1) is 17.3. The number of nitro groups is 1. The van der Waals surface area contributed by atoms with Crippen molar-refractivity contribution in [3.05, 3.63) is 81.9 Å². The number of rotatable bonds is 7. The third-order valence-electron chi connectivity index (χ3n) is 3.77. The molecule has 2 aromatic heterocycles. The Morgan fingerprint density at radius 1 is 1.00 bits per heavy atom. The van der Waals surface area contributed by atoms with E-state index >= 15 is 0 Å². The van der Waals surface area contributed by atoms with Crippen LogP contribution in [-0.2, 0) is 13.1 Å². The Morgan fingerprint density at radius 3 is 2.23 bits per heavy atom. The SMILES string of the molecule is Cc1ccc(CNc2ncnc(NCc3cccnc3)c2[N+](=O)[O-])cc1. The molecule has 0 aliphatic carbocycles. The van der Waals surface area contributed by atoms with Gasteiger partial charge in [-0.2, -0.15) is 0 Å². The van der Waals surface area contributed by atoms with Crippen molar-refractivity contribution in [2.75, 3.05) is 10.6 Å². The number of benzene rings is 1. The van der Waals surface area contributed by atoms with Crippen LogP contribution < -0.4 is 10.6 Å². The van der Waals surface area contributed by atoms with Crippen LogP contribution in [0.4, 0.5) is 17.3 Å². The summed E-state index contributed by atoms with van der Waals surface area (Å²) in [5.41, 5.74) is 2.88. The van der Waals surface area contributed by atoms with Crippen molar-refractivity contribution in [2.45, 2.75) is 20.0 Å². The standard InChI is InChI=1S/C18H18N6O2/c1-13-4-6-14(7-5-13)10-20-17-16(24(25)26)18(23-12-22-17)21-11-15-3-2-8-19-9-15/h2-9,12H,10-11H2,1H3,(H2,20,21,22,23). The first-order valence-electron chi connectivity index (χ1n) is 8.05. The zero-order valence-electron chi connectivity index (χ0n) is 14.2. The molecule has 0 spiro atoms. The van der Waals surface area contributed by atoms with Gasteiger partial charge in [-0.25, -0.2) is 9.97 Å². The number of anilines is 2. The van der Waals surface area contributed by atoms with Crippen molar-refractivity contribution < 1.29 is 4.92 Å². The quantitative estimate of drug-likeness (QED) is 0.497. The van der Waals surface area contributed by atoms with Gasteiger partial charge >= 0.3 is 5.69 Å². The Bertz CT molecular complexity index is 884. The molecule has 26 heavy (non-hydrogen) atoms. The number of aromatic nitrogens is 3. The van der Waals surface area contributed by atoms with Crippen molar-refractivity contribution in [2.24, 2.45) is 0 Å². The van der Waals surface area contributed by atoms with Crippen LogP contribution in [0.5, 0.6) is 0 Å². The van der Waals surface area contributed by atoms with Crippen molar-refractivity contribution in [1.82, 2.24) is 15.0 Å². The Balaban J connectivity index is 1.77. The van der Waals surface area contributed by atoms with Crippen molar-refractivity contribution in [3.8, 4) is 0 Å². The number of nitrogens with one attached hydrogen (secondary N) is 2. The zero-order valence-corrected chi connectivity index (χ0v) is 14.2. The second-order valence-corrected chi connectivity index (χ2v) is 5.73. The van der Waals surface area contributed by atoms with E-state index in [0.29, 0.717) is 13.1 Å². The van der Waals surface area contributed by atoms with Crippen molar-refractivity contribution in [1.29, 1.82) is 0 Å². The van der Waals surface area contributed by atoms with E-state index in [1.54, 1.807) is 18.5 Å². The maximum absolute atomic E-state index is 11.5. The second kappa shape index (κ2) is 8.02. The highest BCUT2D eigenvalue weighted by atomic mass is 16.6. The molecule has 0 fully saturated rings. The van der Waals surface area contributed by atoms with Gasteiger partial charge in [-0.1, -0.05) is 35.9 Å². The summed E-state index contributed by atoms with van der Waals surface area (Å²) in [6, 6.07) is 11.6. The fraction of sp³-hybridized carbons (Fsp3) is 0.167. The van der Waals surface area contributed by atoms with E-state index in [2.05, 4.69) is 25.6 Å². The molecule has 0 saturated heterocycles. The average Bonchev–Trinajstić information content (AvgIpc) is 2.66. The number of nitrogens with zero attached hydrogens (tertiary/aromatic N) is 4. The van der Waals surface area contributed by atoms with Gasteiger partial charge in [0.05, 0.1) is 4.92 Å². The molecule has 0 bridgehead atoms. The third kappa shape index (κ3) is 4.29. The molecular formula is C18H18N6O2. The lowest BCUT2D eigenvalue weighted by Crippen LogP contribution is -2.10. The van der Waals surface area contributed by atoms with Gasteiger partial charge < -0.3 is 10.6 Å². The number of aryl methyl sites for hydroxylation is 1. The van der Waals surface area contributed by atoms with Crippen LogP contribution in [0, 0.1) is 17.0 Å². The molecule has 0 aliphatic heterocycles. The Hall–Kier alpha value is -3.55. The van der Waals surface area contributed by atoms with Gasteiger partial charge in [-0.05, 0) is 24.1 Å². The summed E-state index contributed by atoms with van der Waals surface area (Å²) in [6.07, 6.45) is 4.66. The Labute approximate surface area is 150 Å². The lowest BCUT2D eigenvalue weighted by molar-refractivity contribution is -0.383. The van der Waals surface area contributed by atoms with Gasteiger partial charge in [0.1, 0.15) is 6.33 Å². The lowest BCUT2D eigenvalue weighted by atomic mass is 10.1.